The molecule has 0 unspecified atom stereocenters. The van der Waals surface area contributed by atoms with E-state index < -0.39 is 9.84 Å². The van der Waals surface area contributed by atoms with Gasteiger partial charge in [-0.05, 0) is 50.0 Å². The lowest BCUT2D eigenvalue weighted by Gasteiger charge is -2.34. The first kappa shape index (κ1) is 26.2. The Balaban J connectivity index is 0.00000210. The van der Waals surface area contributed by atoms with E-state index in [1.807, 2.05) is 29.2 Å². The number of carbonyl (C=O) groups is 1. The van der Waals surface area contributed by atoms with Crippen molar-refractivity contribution in [3.05, 3.63) is 35.4 Å². The zero-order chi connectivity index (χ0) is 19.3. The van der Waals surface area contributed by atoms with Crippen LogP contribution in [0, 0.1) is 0 Å². The van der Waals surface area contributed by atoms with Gasteiger partial charge in [0.25, 0.3) is 5.91 Å². The number of benzene rings is 1. The van der Waals surface area contributed by atoms with Gasteiger partial charge in [-0.3, -0.25) is 9.69 Å². The van der Waals surface area contributed by atoms with Gasteiger partial charge >= 0.3 is 0 Å². The van der Waals surface area contributed by atoms with Crippen LogP contribution in [0.3, 0.4) is 0 Å². The fraction of sp³-hybridized carbons (Fsp3) is 0.650. The molecule has 2 aliphatic heterocycles. The van der Waals surface area contributed by atoms with E-state index in [1.165, 1.54) is 0 Å². The molecule has 9 heteroatoms. The van der Waals surface area contributed by atoms with Crippen LogP contribution in [0.4, 0.5) is 0 Å². The molecule has 2 saturated heterocycles. The maximum absolute atomic E-state index is 13.2. The van der Waals surface area contributed by atoms with Crippen LogP contribution in [0.15, 0.2) is 24.3 Å². The molecule has 3 rings (SSSR count). The van der Waals surface area contributed by atoms with E-state index in [0.29, 0.717) is 25.7 Å². The minimum absolute atomic E-state index is 0. The Kier molecular flexibility index (Phi) is 10.9. The molecule has 1 N–H and O–H groups in total. The second-order valence-electron chi connectivity index (χ2n) is 7.61. The zero-order valence-electron chi connectivity index (χ0n) is 17.0. The minimum Gasteiger partial charge on any atom is -0.336 e. The fourth-order valence-electron chi connectivity index (χ4n) is 3.94. The molecule has 0 atom stereocenters. The molecule has 0 saturated carbocycles. The maximum Gasteiger partial charge on any atom is 0.254 e. The number of nitrogens with zero attached hydrogens (tertiary/aromatic N) is 2. The first-order valence-corrected chi connectivity index (χ1v) is 11.8. The number of amides is 1. The largest absolute Gasteiger partial charge is 0.336 e. The summed E-state index contributed by atoms with van der Waals surface area (Å²) in [7, 11) is -2.87. The third-order valence-corrected chi connectivity index (χ3v) is 7.10. The summed E-state index contributed by atoms with van der Waals surface area (Å²) in [5.74, 6) is 0.573. The van der Waals surface area contributed by atoms with Gasteiger partial charge in [-0.1, -0.05) is 19.1 Å². The standard InChI is InChI=1S/C20H31N3O3S.2ClH/c1-2-10-23(19-6-8-21-9-7-19)20(24)18-5-3-4-17(15-18)16-22-11-13-27(25,26)14-12-22;;/h3-5,15,19,21H,2,6-14,16H2,1H3;2*1H. The summed E-state index contributed by atoms with van der Waals surface area (Å²) in [4.78, 5) is 17.4. The van der Waals surface area contributed by atoms with Gasteiger partial charge in [0.05, 0.1) is 11.5 Å². The molecule has 0 radical (unpaired) electrons. The number of halogens is 2. The van der Waals surface area contributed by atoms with Gasteiger partial charge < -0.3 is 10.2 Å². The molecule has 29 heavy (non-hydrogen) atoms. The van der Waals surface area contributed by atoms with Crippen LogP contribution in [-0.2, 0) is 16.4 Å². The minimum atomic E-state index is -2.87. The van der Waals surface area contributed by atoms with Crippen molar-refractivity contribution in [2.24, 2.45) is 0 Å². The van der Waals surface area contributed by atoms with E-state index >= 15 is 0 Å². The first-order valence-electron chi connectivity index (χ1n) is 10.0. The molecular formula is C20H33Cl2N3O3S. The van der Waals surface area contributed by atoms with Gasteiger partial charge in [-0.15, -0.1) is 24.8 Å². The Morgan fingerprint density at radius 2 is 1.83 bits per heavy atom. The highest BCUT2D eigenvalue weighted by molar-refractivity contribution is 7.91. The quantitative estimate of drug-likeness (QED) is 0.697. The molecule has 1 aromatic rings. The second-order valence-corrected chi connectivity index (χ2v) is 9.91. The van der Waals surface area contributed by atoms with Crippen molar-refractivity contribution in [2.45, 2.75) is 38.8 Å². The Labute approximate surface area is 187 Å². The van der Waals surface area contributed by atoms with Crippen molar-refractivity contribution >= 4 is 40.6 Å². The molecule has 2 heterocycles. The number of sulfone groups is 1. The van der Waals surface area contributed by atoms with Gasteiger partial charge in [0.15, 0.2) is 9.84 Å². The topological polar surface area (TPSA) is 69.7 Å². The number of rotatable bonds is 6. The van der Waals surface area contributed by atoms with Gasteiger partial charge in [0, 0.05) is 37.8 Å². The molecule has 1 amide bonds. The highest BCUT2D eigenvalue weighted by atomic mass is 35.5. The summed E-state index contributed by atoms with van der Waals surface area (Å²) in [5.41, 5.74) is 1.81. The summed E-state index contributed by atoms with van der Waals surface area (Å²) in [6, 6.07) is 8.16. The summed E-state index contributed by atoms with van der Waals surface area (Å²) in [6.07, 6.45) is 2.97. The SMILES string of the molecule is CCCN(C(=O)c1cccc(CN2CCS(=O)(=O)CC2)c1)C1CCNCC1.Cl.Cl. The van der Waals surface area contributed by atoms with E-state index in [-0.39, 0.29) is 42.2 Å². The Morgan fingerprint density at radius 3 is 2.45 bits per heavy atom. The lowest BCUT2D eigenvalue weighted by atomic mass is 10.0. The molecule has 6 nitrogen and oxygen atoms in total. The monoisotopic (exact) mass is 465 g/mol. The van der Waals surface area contributed by atoms with E-state index in [2.05, 4.69) is 17.1 Å². The second kappa shape index (κ2) is 12.1. The number of carbonyl (C=O) groups excluding carboxylic acids is 1. The van der Waals surface area contributed by atoms with Crippen molar-refractivity contribution in [3.63, 3.8) is 0 Å². The molecule has 166 valence electrons. The lowest BCUT2D eigenvalue weighted by molar-refractivity contribution is 0.0642. The predicted octanol–water partition coefficient (Wildman–Crippen LogP) is 2.36. The van der Waals surface area contributed by atoms with E-state index in [4.69, 9.17) is 0 Å². The van der Waals surface area contributed by atoms with Crippen molar-refractivity contribution in [1.82, 2.24) is 15.1 Å². The van der Waals surface area contributed by atoms with Crippen LogP contribution in [0.1, 0.15) is 42.1 Å². The normalized spacial score (nSPS) is 19.6. The van der Waals surface area contributed by atoms with Gasteiger partial charge in [-0.25, -0.2) is 8.42 Å². The highest BCUT2D eigenvalue weighted by Crippen LogP contribution is 2.18. The smallest absolute Gasteiger partial charge is 0.254 e. The third kappa shape index (κ3) is 7.40. The van der Waals surface area contributed by atoms with Crippen molar-refractivity contribution in [3.8, 4) is 0 Å². The molecule has 0 aromatic heterocycles. The van der Waals surface area contributed by atoms with Crippen LogP contribution in [0.2, 0.25) is 0 Å². The average molecular weight is 466 g/mol. The Morgan fingerprint density at radius 1 is 1.17 bits per heavy atom. The van der Waals surface area contributed by atoms with Crippen molar-refractivity contribution in [2.75, 3.05) is 44.2 Å². The molecule has 1 aromatic carbocycles. The first-order chi connectivity index (χ1) is 13.0. The van der Waals surface area contributed by atoms with Crippen LogP contribution in [-0.4, -0.2) is 74.4 Å². The lowest BCUT2D eigenvalue weighted by Crippen LogP contribution is -2.46. The summed E-state index contributed by atoms with van der Waals surface area (Å²) in [5, 5.41) is 3.36. The Hall–Kier alpha value is -0.860. The summed E-state index contributed by atoms with van der Waals surface area (Å²) in [6.45, 7) is 6.67. The van der Waals surface area contributed by atoms with E-state index in [0.717, 1.165) is 50.0 Å². The molecule has 2 aliphatic rings. The molecule has 0 spiro atoms. The van der Waals surface area contributed by atoms with Crippen LogP contribution in [0.5, 0.6) is 0 Å². The average Bonchev–Trinajstić information content (AvgIpc) is 2.68. The van der Waals surface area contributed by atoms with E-state index in [1.54, 1.807) is 0 Å². The number of nitrogens with one attached hydrogen (secondary N) is 1. The molecule has 2 fully saturated rings. The van der Waals surface area contributed by atoms with Crippen molar-refractivity contribution in [1.29, 1.82) is 0 Å². The Bertz CT molecular complexity index is 741. The number of hydrogen-bond acceptors (Lipinski definition) is 5. The summed E-state index contributed by atoms with van der Waals surface area (Å²) < 4.78 is 23.2. The van der Waals surface area contributed by atoms with E-state index in [9.17, 15) is 13.2 Å². The maximum atomic E-state index is 13.2. The van der Waals surface area contributed by atoms with Crippen LogP contribution >= 0.6 is 24.8 Å². The third-order valence-electron chi connectivity index (χ3n) is 5.49. The predicted molar refractivity (Wildman–Crippen MR) is 122 cm³/mol. The number of hydrogen-bond donors (Lipinski definition) is 1. The molecule has 0 aliphatic carbocycles. The number of piperidine rings is 1. The van der Waals surface area contributed by atoms with Crippen molar-refractivity contribution < 1.29 is 13.2 Å². The van der Waals surface area contributed by atoms with Gasteiger partial charge in [0.2, 0.25) is 0 Å². The summed E-state index contributed by atoms with van der Waals surface area (Å²) >= 11 is 0. The molecule has 0 bridgehead atoms. The van der Waals surface area contributed by atoms with Crippen LogP contribution in [0.25, 0.3) is 0 Å². The van der Waals surface area contributed by atoms with Gasteiger partial charge in [-0.2, -0.15) is 0 Å². The zero-order valence-corrected chi connectivity index (χ0v) is 19.5. The highest BCUT2D eigenvalue weighted by Gasteiger charge is 2.26. The van der Waals surface area contributed by atoms with Gasteiger partial charge in [0.1, 0.15) is 0 Å². The molecular weight excluding hydrogens is 433 g/mol. The fourth-order valence-corrected chi connectivity index (χ4v) is 5.22. The van der Waals surface area contributed by atoms with Crippen LogP contribution < -0.4 is 5.32 Å².